The van der Waals surface area contributed by atoms with Crippen LogP contribution >= 0.6 is 12.2 Å². The van der Waals surface area contributed by atoms with E-state index >= 15 is 0 Å². The van der Waals surface area contributed by atoms with Crippen molar-refractivity contribution in [1.29, 1.82) is 0 Å². The molecule has 0 saturated carbocycles. The van der Waals surface area contributed by atoms with Gasteiger partial charge in [0.25, 0.3) is 0 Å². The number of hydrazone groups is 1. The third kappa shape index (κ3) is 5.24. The van der Waals surface area contributed by atoms with Crippen molar-refractivity contribution < 1.29 is 4.74 Å². The van der Waals surface area contributed by atoms with Gasteiger partial charge < -0.3 is 10.1 Å². The van der Waals surface area contributed by atoms with Crippen molar-refractivity contribution in [2.45, 2.75) is 6.54 Å². The van der Waals surface area contributed by atoms with E-state index in [1.54, 1.807) is 13.3 Å². The highest BCUT2D eigenvalue weighted by molar-refractivity contribution is 7.80. The number of ether oxygens (including phenoxy) is 1. The Morgan fingerprint density at radius 2 is 2.00 bits per heavy atom. The maximum atomic E-state index is 5.16. The molecule has 0 aromatic heterocycles. The van der Waals surface area contributed by atoms with Gasteiger partial charge in [-0.05, 0) is 35.5 Å². The monoisotopic (exact) mass is 299 g/mol. The highest BCUT2D eigenvalue weighted by Gasteiger charge is 1.95. The third-order valence-corrected chi connectivity index (χ3v) is 3.01. The summed E-state index contributed by atoms with van der Waals surface area (Å²) in [5.74, 6) is 0.795. The zero-order valence-electron chi connectivity index (χ0n) is 11.7. The number of hydrogen-bond acceptors (Lipinski definition) is 3. The van der Waals surface area contributed by atoms with Gasteiger partial charge in [0, 0.05) is 6.54 Å². The first-order valence-corrected chi connectivity index (χ1v) is 6.93. The summed E-state index contributed by atoms with van der Waals surface area (Å²) in [4.78, 5) is 0. The van der Waals surface area contributed by atoms with E-state index < -0.39 is 0 Å². The molecule has 0 bridgehead atoms. The number of benzene rings is 2. The van der Waals surface area contributed by atoms with E-state index in [9.17, 15) is 0 Å². The minimum absolute atomic E-state index is 0.484. The lowest BCUT2D eigenvalue weighted by Crippen LogP contribution is -2.31. The predicted octanol–water partition coefficient (Wildman–Crippen LogP) is 2.69. The average molecular weight is 299 g/mol. The van der Waals surface area contributed by atoms with Crippen molar-refractivity contribution in [3.63, 3.8) is 0 Å². The molecular formula is C16H17N3OS. The van der Waals surface area contributed by atoms with Gasteiger partial charge in [0.1, 0.15) is 5.75 Å². The molecule has 4 nitrogen and oxygen atoms in total. The van der Waals surface area contributed by atoms with Crippen LogP contribution in [-0.2, 0) is 6.54 Å². The van der Waals surface area contributed by atoms with Crippen LogP contribution < -0.4 is 15.5 Å². The molecule has 0 heterocycles. The SMILES string of the molecule is COc1cccc(/C=N\NC(=S)NCc2ccccc2)c1. The predicted molar refractivity (Wildman–Crippen MR) is 89.6 cm³/mol. The first-order valence-electron chi connectivity index (χ1n) is 6.53. The van der Waals surface area contributed by atoms with Gasteiger partial charge in [-0.1, -0.05) is 42.5 Å². The molecule has 0 spiro atoms. The quantitative estimate of drug-likeness (QED) is 0.506. The zero-order chi connectivity index (χ0) is 14.9. The van der Waals surface area contributed by atoms with Crippen LogP contribution in [0.2, 0.25) is 0 Å². The topological polar surface area (TPSA) is 45.6 Å². The number of rotatable bonds is 5. The van der Waals surface area contributed by atoms with Gasteiger partial charge in [-0.3, -0.25) is 5.43 Å². The van der Waals surface area contributed by atoms with Gasteiger partial charge in [-0.25, -0.2) is 0 Å². The molecule has 0 aliphatic rings. The molecule has 5 heteroatoms. The van der Waals surface area contributed by atoms with Crippen LogP contribution in [0.4, 0.5) is 0 Å². The van der Waals surface area contributed by atoms with E-state index in [1.807, 2.05) is 54.6 Å². The second-order valence-corrected chi connectivity index (χ2v) is 4.72. The summed E-state index contributed by atoms with van der Waals surface area (Å²) >= 11 is 5.16. The molecule has 0 aliphatic heterocycles. The minimum atomic E-state index is 0.484. The lowest BCUT2D eigenvalue weighted by atomic mass is 10.2. The lowest BCUT2D eigenvalue weighted by Gasteiger charge is -2.06. The highest BCUT2D eigenvalue weighted by Crippen LogP contribution is 2.10. The average Bonchev–Trinajstić information content (AvgIpc) is 2.54. The van der Waals surface area contributed by atoms with E-state index in [2.05, 4.69) is 15.8 Å². The fourth-order valence-corrected chi connectivity index (χ4v) is 1.83. The van der Waals surface area contributed by atoms with Gasteiger partial charge in [0.05, 0.1) is 13.3 Å². The molecule has 108 valence electrons. The van der Waals surface area contributed by atoms with Gasteiger partial charge in [0.2, 0.25) is 0 Å². The Balaban J connectivity index is 1.79. The third-order valence-electron chi connectivity index (χ3n) is 2.77. The van der Waals surface area contributed by atoms with Gasteiger partial charge in [0.15, 0.2) is 5.11 Å². The largest absolute Gasteiger partial charge is 0.497 e. The van der Waals surface area contributed by atoms with Crippen LogP contribution in [-0.4, -0.2) is 18.4 Å². The molecule has 2 N–H and O–H groups in total. The van der Waals surface area contributed by atoms with Gasteiger partial charge in [-0.2, -0.15) is 5.10 Å². The lowest BCUT2D eigenvalue weighted by molar-refractivity contribution is 0.415. The van der Waals surface area contributed by atoms with Crippen molar-refractivity contribution in [2.24, 2.45) is 5.10 Å². The second kappa shape index (κ2) is 8.01. The molecule has 0 radical (unpaired) electrons. The van der Waals surface area contributed by atoms with Crippen molar-refractivity contribution >= 4 is 23.5 Å². The molecule has 2 rings (SSSR count). The summed E-state index contributed by atoms with van der Waals surface area (Å²) in [6.07, 6.45) is 1.69. The van der Waals surface area contributed by atoms with Crippen molar-refractivity contribution in [3.8, 4) is 5.75 Å². The standard InChI is InChI=1S/C16H17N3OS/c1-20-15-9-5-8-14(10-15)12-18-19-16(21)17-11-13-6-3-2-4-7-13/h2-10,12H,11H2,1H3,(H2,17,19,21)/b18-12-. The number of thiocarbonyl (C=S) groups is 1. The van der Waals surface area contributed by atoms with E-state index in [0.29, 0.717) is 11.7 Å². The molecule has 21 heavy (non-hydrogen) atoms. The minimum Gasteiger partial charge on any atom is -0.497 e. The summed E-state index contributed by atoms with van der Waals surface area (Å²) in [5.41, 5.74) is 4.89. The molecule has 0 aliphatic carbocycles. The maximum Gasteiger partial charge on any atom is 0.187 e. The second-order valence-electron chi connectivity index (χ2n) is 4.31. The van der Waals surface area contributed by atoms with E-state index in [0.717, 1.165) is 11.3 Å². The number of nitrogens with zero attached hydrogens (tertiary/aromatic N) is 1. The zero-order valence-corrected chi connectivity index (χ0v) is 12.6. The van der Waals surface area contributed by atoms with E-state index in [4.69, 9.17) is 17.0 Å². The molecule has 0 fully saturated rings. The normalized spacial score (nSPS) is 10.3. The Morgan fingerprint density at radius 1 is 1.19 bits per heavy atom. The Kier molecular flexibility index (Phi) is 5.72. The summed E-state index contributed by atoms with van der Waals surface area (Å²) in [5, 5.41) is 7.67. The summed E-state index contributed by atoms with van der Waals surface area (Å²) in [6.45, 7) is 0.668. The van der Waals surface area contributed by atoms with Gasteiger partial charge >= 0.3 is 0 Å². The highest BCUT2D eigenvalue weighted by atomic mass is 32.1. The number of methoxy groups -OCH3 is 1. The van der Waals surface area contributed by atoms with Crippen LogP contribution in [0.3, 0.4) is 0 Å². The molecule has 0 atom stereocenters. The first-order chi connectivity index (χ1) is 10.3. The number of hydrogen-bond donors (Lipinski definition) is 2. The molecule has 2 aromatic rings. The molecule has 2 aromatic carbocycles. The first kappa shape index (κ1) is 15.0. The van der Waals surface area contributed by atoms with Crippen LogP contribution in [0, 0.1) is 0 Å². The molecular weight excluding hydrogens is 282 g/mol. The molecule has 0 saturated heterocycles. The summed E-state index contributed by atoms with van der Waals surface area (Å²) in [7, 11) is 1.64. The Labute approximate surface area is 129 Å². The van der Waals surface area contributed by atoms with Crippen molar-refractivity contribution in [3.05, 3.63) is 65.7 Å². The van der Waals surface area contributed by atoms with Crippen LogP contribution in [0.15, 0.2) is 59.7 Å². The fourth-order valence-electron chi connectivity index (χ4n) is 1.70. The Bertz CT molecular complexity index is 614. The Morgan fingerprint density at radius 3 is 2.76 bits per heavy atom. The van der Waals surface area contributed by atoms with Gasteiger partial charge in [-0.15, -0.1) is 0 Å². The van der Waals surface area contributed by atoms with Crippen LogP contribution in [0.25, 0.3) is 0 Å². The fraction of sp³-hybridized carbons (Fsp3) is 0.125. The molecule has 0 unspecified atom stereocenters. The smallest absolute Gasteiger partial charge is 0.187 e. The summed E-state index contributed by atoms with van der Waals surface area (Å²) in [6, 6.07) is 17.7. The number of nitrogens with one attached hydrogen (secondary N) is 2. The van der Waals surface area contributed by atoms with Crippen LogP contribution in [0.5, 0.6) is 5.75 Å². The summed E-state index contributed by atoms with van der Waals surface area (Å²) < 4.78 is 5.15. The van der Waals surface area contributed by atoms with E-state index in [1.165, 1.54) is 5.56 Å². The van der Waals surface area contributed by atoms with Crippen molar-refractivity contribution in [2.75, 3.05) is 7.11 Å². The Hall–Kier alpha value is -2.40. The van der Waals surface area contributed by atoms with Crippen LogP contribution in [0.1, 0.15) is 11.1 Å². The van der Waals surface area contributed by atoms with E-state index in [-0.39, 0.29) is 0 Å². The molecule has 0 amide bonds. The maximum absolute atomic E-state index is 5.16. The van der Waals surface area contributed by atoms with Crippen molar-refractivity contribution in [1.82, 2.24) is 10.7 Å².